The Morgan fingerprint density at radius 2 is 1.07 bits per heavy atom. The van der Waals surface area contributed by atoms with Gasteiger partial charge in [-0.1, -0.05) is 78.9 Å². The van der Waals surface area contributed by atoms with Crippen LogP contribution in [0, 0.1) is 0 Å². The summed E-state index contributed by atoms with van der Waals surface area (Å²) in [6.45, 7) is 0. The van der Waals surface area contributed by atoms with E-state index in [4.69, 9.17) is 0 Å². The first kappa shape index (κ1) is 14.7. The Morgan fingerprint density at radius 1 is 0.464 bits per heavy atom. The Hall–Kier alpha value is -3.36. The van der Waals surface area contributed by atoms with Gasteiger partial charge < -0.3 is 4.98 Å². The molecule has 0 fully saturated rings. The molecule has 5 aromatic carbocycles. The zero-order valence-corrected chi connectivity index (χ0v) is 15.8. The van der Waals surface area contributed by atoms with Crippen LogP contribution in [0.4, 0.5) is 0 Å². The molecule has 0 aliphatic rings. The van der Waals surface area contributed by atoms with E-state index in [-0.39, 0.29) is 0 Å². The maximum atomic E-state index is 3.83. The summed E-state index contributed by atoms with van der Waals surface area (Å²) in [7, 11) is 0. The highest BCUT2D eigenvalue weighted by Crippen LogP contribution is 2.43. The van der Waals surface area contributed by atoms with Crippen molar-refractivity contribution in [2.75, 3.05) is 0 Å². The molecule has 0 radical (unpaired) electrons. The van der Waals surface area contributed by atoms with Crippen molar-refractivity contribution < 1.29 is 0 Å². The van der Waals surface area contributed by atoms with Gasteiger partial charge in [-0.05, 0) is 22.2 Å². The third-order valence-corrected chi connectivity index (χ3v) is 7.20. The summed E-state index contributed by atoms with van der Waals surface area (Å²) < 4.78 is 2.70. The van der Waals surface area contributed by atoms with Crippen molar-refractivity contribution in [3.8, 4) is 0 Å². The quantitative estimate of drug-likeness (QED) is 0.259. The van der Waals surface area contributed by atoms with Crippen LogP contribution in [-0.2, 0) is 0 Å². The van der Waals surface area contributed by atoms with E-state index >= 15 is 0 Å². The van der Waals surface area contributed by atoms with Gasteiger partial charge in [0.05, 0.1) is 15.7 Å². The van der Waals surface area contributed by atoms with Crippen LogP contribution in [0.15, 0.2) is 84.9 Å². The fourth-order valence-corrected chi connectivity index (χ4v) is 6.00. The van der Waals surface area contributed by atoms with Gasteiger partial charge in [-0.3, -0.25) is 0 Å². The predicted octanol–water partition coefficient (Wildman–Crippen LogP) is 8.00. The van der Waals surface area contributed by atoms with E-state index in [9.17, 15) is 0 Å². The van der Waals surface area contributed by atoms with Gasteiger partial charge in [-0.15, -0.1) is 11.3 Å². The maximum absolute atomic E-state index is 3.83. The first-order valence-electron chi connectivity index (χ1n) is 9.55. The third kappa shape index (κ3) is 1.71. The average Bonchev–Trinajstić information content (AvgIpc) is 3.33. The Labute approximate surface area is 164 Å². The minimum absolute atomic E-state index is 1.24. The molecule has 0 saturated heterocycles. The molecule has 2 heteroatoms. The van der Waals surface area contributed by atoms with Gasteiger partial charge in [0.15, 0.2) is 0 Å². The van der Waals surface area contributed by atoms with Crippen LogP contribution < -0.4 is 0 Å². The molecular weight excluding hydrogens is 358 g/mol. The number of aromatic amines is 1. The topological polar surface area (TPSA) is 15.8 Å². The number of aromatic nitrogens is 1. The standard InChI is InChI=1S/C26H15NS/c1-3-10-18-15(7-1)16-8-2-4-11-19(16)24-23(18)21-14-13-20-17-9-5-6-12-22(17)28-26(20)25(21)27-24/h1-14,27H. The van der Waals surface area contributed by atoms with Gasteiger partial charge >= 0.3 is 0 Å². The molecule has 1 nitrogen and oxygen atoms in total. The van der Waals surface area contributed by atoms with Gasteiger partial charge in [0.25, 0.3) is 0 Å². The number of nitrogens with one attached hydrogen (secondary N) is 1. The van der Waals surface area contributed by atoms with Crippen LogP contribution in [0.3, 0.4) is 0 Å². The molecule has 130 valence electrons. The van der Waals surface area contributed by atoms with E-state index in [1.807, 2.05) is 11.3 Å². The number of benzene rings is 5. The molecule has 7 aromatic rings. The van der Waals surface area contributed by atoms with Gasteiger partial charge in [0.2, 0.25) is 0 Å². The highest BCUT2D eigenvalue weighted by Gasteiger charge is 2.16. The second-order valence-corrected chi connectivity index (χ2v) is 8.48. The van der Waals surface area contributed by atoms with E-state index in [0.717, 1.165) is 0 Å². The largest absolute Gasteiger partial charge is 0.353 e. The monoisotopic (exact) mass is 373 g/mol. The Kier molecular flexibility index (Phi) is 2.68. The molecule has 0 aliphatic heterocycles. The second kappa shape index (κ2) is 5.12. The summed E-state index contributed by atoms with van der Waals surface area (Å²) in [6, 6.07) is 30.8. The zero-order valence-electron chi connectivity index (χ0n) is 15.0. The van der Waals surface area contributed by atoms with E-state index in [1.165, 1.54) is 63.5 Å². The number of H-pyrrole nitrogens is 1. The van der Waals surface area contributed by atoms with Crippen molar-refractivity contribution >= 4 is 74.9 Å². The van der Waals surface area contributed by atoms with Crippen LogP contribution in [0.5, 0.6) is 0 Å². The molecule has 0 bridgehead atoms. The summed E-state index contributed by atoms with van der Waals surface area (Å²) in [5, 5.41) is 10.6. The zero-order chi connectivity index (χ0) is 18.2. The van der Waals surface area contributed by atoms with Crippen molar-refractivity contribution in [3.63, 3.8) is 0 Å². The first-order chi connectivity index (χ1) is 13.9. The first-order valence-corrected chi connectivity index (χ1v) is 10.4. The van der Waals surface area contributed by atoms with Crippen molar-refractivity contribution in [1.82, 2.24) is 4.98 Å². The molecule has 28 heavy (non-hydrogen) atoms. The van der Waals surface area contributed by atoms with Gasteiger partial charge in [-0.25, -0.2) is 0 Å². The van der Waals surface area contributed by atoms with Crippen LogP contribution in [0.2, 0.25) is 0 Å². The average molecular weight is 373 g/mol. The lowest BCUT2D eigenvalue weighted by Gasteiger charge is -2.06. The lowest BCUT2D eigenvalue weighted by molar-refractivity contribution is 1.59. The molecule has 2 heterocycles. The minimum atomic E-state index is 1.24. The molecular formula is C26H15NS. The molecule has 2 aromatic heterocycles. The van der Waals surface area contributed by atoms with Gasteiger partial charge in [0.1, 0.15) is 0 Å². The summed E-state index contributed by atoms with van der Waals surface area (Å²) in [6.07, 6.45) is 0. The molecule has 0 amide bonds. The molecule has 0 atom stereocenters. The number of fused-ring (bicyclic) bond motifs is 12. The highest BCUT2D eigenvalue weighted by atomic mass is 32.1. The van der Waals surface area contributed by atoms with Gasteiger partial charge in [0, 0.05) is 31.6 Å². The van der Waals surface area contributed by atoms with Gasteiger partial charge in [-0.2, -0.15) is 0 Å². The highest BCUT2D eigenvalue weighted by molar-refractivity contribution is 7.26. The van der Waals surface area contributed by atoms with E-state index < -0.39 is 0 Å². The molecule has 1 N–H and O–H groups in total. The second-order valence-electron chi connectivity index (χ2n) is 7.43. The Bertz CT molecular complexity index is 1720. The van der Waals surface area contributed by atoms with Crippen LogP contribution in [0.25, 0.3) is 63.5 Å². The number of rotatable bonds is 0. The smallest absolute Gasteiger partial charge is 0.0646 e. The minimum Gasteiger partial charge on any atom is -0.353 e. The summed E-state index contributed by atoms with van der Waals surface area (Å²) in [5.41, 5.74) is 2.50. The van der Waals surface area contributed by atoms with E-state index in [0.29, 0.717) is 0 Å². The third-order valence-electron chi connectivity index (χ3n) is 6.00. The van der Waals surface area contributed by atoms with E-state index in [2.05, 4.69) is 89.9 Å². The lowest BCUT2D eigenvalue weighted by atomic mass is 9.97. The van der Waals surface area contributed by atoms with Crippen molar-refractivity contribution in [2.45, 2.75) is 0 Å². The van der Waals surface area contributed by atoms with Crippen molar-refractivity contribution in [3.05, 3.63) is 84.9 Å². The molecule has 0 saturated carbocycles. The van der Waals surface area contributed by atoms with Crippen LogP contribution in [0.1, 0.15) is 0 Å². The summed E-state index contributed by atoms with van der Waals surface area (Å²) >= 11 is 1.89. The summed E-state index contributed by atoms with van der Waals surface area (Å²) in [4.78, 5) is 3.83. The predicted molar refractivity (Wildman–Crippen MR) is 124 cm³/mol. The van der Waals surface area contributed by atoms with Crippen LogP contribution >= 0.6 is 11.3 Å². The summed E-state index contributed by atoms with van der Waals surface area (Å²) in [5.74, 6) is 0. The molecule has 7 rings (SSSR count). The number of hydrogen-bond donors (Lipinski definition) is 1. The molecule has 0 unspecified atom stereocenters. The number of thiophene rings is 1. The maximum Gasteiger partial charge on any atom is 0.0646 e. The van der Waals surface area contributed by atoms with Crippen LogP contribution in [-0.4, -0.2) is 4.98 Å². The lowest BCUT2D eigenvalue weighted by Crippen LogP contribution is -1.80. The van der Waals surface area contributed by atoms with Crippen molar-refractivity contribution in [1.29, 1.82) is 0 Å². The van der Waals surface area contributed by atoms with Crippen molar-refractivity contribution in [2.24, 2.45) is 0 Å². The van der Waals surface area contributed by atoms with E-state index in [1.54, 1.807) is 0 Å². The number of hydrogen-bond acceptors (Lipinski definition) is 1. The molecule has 0 spiro atoms. The fourth-order valence-electron chi connectivity index (χ4n) is 4.80. The SMILES string of the molecule is c1ccc2c(c1)sc1c2ccc2c1[nH]c1c3ccccc3c3ccccc3c21. The fraction of sp³-hybridized carbons (Fsp3) is 0. The normalized spacial score (nSPS) is 12.3. The Morgan fingerprint density at radius 3 is 1.89 bits per heavy atom. The molecule has 0 aliphatic carbocycles. The Balaban J connectivity index is 1.82.